The summed E-state index contributed by atoms with van der Waals surface area (Å²) in [6.45, 7) is 12.5. The summed E-state index contributed by atoms with van der Waals surface area (Å²) in [7, 11) is -4.13. The fraction of sp³-hybridized carbons (Fsp3) is 0.417. The van der Waals surface area contributed by atoms with E-state index in [0.29, 0.717) is 0 Å². The van der Waals surface area contributed by atoms with E-state index >= 15 is 0 Å². The van der Waals surface area contributed by atoms with E-state index in [1.165, 1.54) is 6.07 Å². The van der Waals surface area contributed by atoms with Crippen LogP contribution in [0, 0.1) is 11.8 Å². The van der Waals surface area contributed by atoms with Crippen molar-refractivity contribution in [3.8, 4) is 5.75 Å². The molecule has 31 heavy (non-hydrogen) atoms. The largest absolute Gasteiger partial charge is 0.507 e. The van der Waals surface area contributed by atoms with Gasteiger partial charge < -0.3 is 14.0 Å². The van der Waals surface area contributed by atoms with Crippen LogP contribution in [0.5, 0.6) is 5.75 Å². The molecule has 5 nitrogen and oxygen atoms in total. The zero-order valence-electron chi connectivity index (χ0n) is 18.9. The van der Waals surface area contributed by atoms with E-state index in [1.54, 1.807) is 12.1 Å². The topological polar surface area (TPSA) is 72.8 Å². The Bertz CT molecular complexity index is 1050. The fourth-order valence-electron chi connectivity index (χ4n) is 4.78. The molecule has 164 valence electrons. The van der Waals surface area contributed by atoms with Gasteiger partial charge in [0.25, 0.3) is 0 Å². The SMILES string of the molecule is C[Si](C)(C)O[C@@H]1c2ccccc2[C@H](O[Si](C)(C)C)[C@@H]2C(=O)c3c(O)cccc3C(=O)[C@@H]21. The zero-order valence-corrected chi connectivity index (χ0v) is 20.9. The minimum Gasteiger partial charge on any atom is -0.507 e. The predicted octanol–water partition coefficient (Wildman–Crippen LogP) is 5.50. The van der Waals surface area contributed by atoms with E-state index in [2.05, 4.69) is 39.3 Å². The van der Waals surface area contributed by atoms with Crippen molar-refractivity contribution in [1.29, 1.82) is 0 Å². The van der Waals surface area contributed by atoms with Crippen LogP contribution in [-0.2, 0) is 8.85 Å². The number of aromatic hydroxyl groups is 1. The number of phenols is 1. The van der Waals surface area contributed by atoms with Gasteiger partial charge >= 0.3 is 0 Å². The highest BCUT2D eigenvalue weighted by atomic mass is 28.4. The number of rotatable bonds is 4. The first-order chi connectivity index (χ1) is 14.4. The van der Waals surface area contributed by atoms with Crippen molar-refractivity contribution in [1.82, 2.24) is 0 Å². The number of fused-ring (bicyclic) bond motifs is 3. The zero-order chi connectivity index (χ0) is 22.7. The lowest BCUT2D eigenvalue weighted by molar-refractivity contribution is 0.00641. The Morgan fingerprint density at radius 2 is 1.19 bits per heavy atom. The number of ketones is 2. The molecule has 0 heterocycles. The lowest BCUT2D eigenvalue weighted by Gasteiger charge is -2.47. The standard InChI is InChI=1S/C24H30O5Si2/c1-30(2,3)28-23-14-10-7-8-11-15(14)24(29-31(4,5)6)20-19(23)21(26)16-12-9-13-17(25)18(16)22(20)27/h7-13,19-20,23-25H,1-6H3/t19-,20+,23-,24+/m1/s1. The monoisotopic (exact) mass is 454 g/mol. The van der Waals surface area contributed by atoms with Gasteiger partial charge in [0.15, 0.2) is 28.2 Å². The summed E-state index contributed by atoms with van der Waals surface area (Å²) >= 11 is 0. The summed E-state index contributed by atoms with van der Waals surface area (Å²) < 4.78 is 13.1. The van der Waals surface area contributed by atoms with Gasteiger partial charge in [-0.3, -0.25) is 9.59 Å². The lowest BCUT2D eigenvalue weighted by atomic mass is 9.63. The number of carbonyl (C=O) groups is 2. The predicted molar refractivity (Wildman–Crippen MR) is 125 cm³/mol. The first kappa shape index (κ1) is 22.1. The second kappa shape index (κ2) is 7.51. The van der Waals surface area contributed by atoms with Crippen LogP contribution in [0.15, 0.2) is 42.5 Å². The third-order valence-electron chi connectivity index (χ3n) is 5.77. The number of phenolic OH excluding ortho intramolecular Hbond substituents is 1. The minimum atomic E-state index is -2.07. The maximum Gasteiger partial charge on any atom is 0.184 e. The van der Waals surface area contributed by atoms with Crippen molar-refractivity contribution in [3.63, 3.8) is 0 Å². The quantitative estimate of drug-likeness (QED) is 0.617. The minimum absolute atomic E-state index is 0.115. The highest BCUT2D eigenvalue weighted by Crippen LogP contribution is 2.54. The van der Waals surface area contributed by atoms with E-state index in [-0.39, 0.29) is 28.4 Å². The molecular weight excluding hydrogens is 424 g/mol. The van der Waals surface area contributed by atoms with Gasteiger partial charge in [0, 0.05) is 5.56 Å². The number of Topliss-reactive ketones (excluding diaryl/α,β-unsaturated/α-hetero) is 2. The second-order valence-corrected chi connectivity index (χ2v) is 19.3. The van der Waals surface area contributed by atoms with Gasteiger partial charge in [-0.05, 0) is 56.5 Å². The van der Waals surface area contributed by atoms with Gasteiger partial charge in [0.2, 0.25) is 0 Å². The molecule has 4 atom stereocenters. The molecule has 0 aliphatic heterocycles. The molecule has 0 aromatic heterocycles. The molecule has 2 aromatic carbocycles. The molecule has 0 unspecified atom stereocenters. The van der Waals surface area contributed by atoms with E-state index in [1.807, 2.05) is 24.3 Å². The van der Waals surface area contributed by atoms with Crippen molar-refractivity contribution in [2.75, 3.05) is 0 Å². The molecule has 2 aliphatic carbocycles. The molecule has 0 bridgehead atoms. The number of carbonyl (C=O) groups excluding carboxylic acids is 2. The maximum absolute atomic E-state index is 13.8. The number of hydrogen-bond acceptors (Lipinski definition) is 5. The van der Waals surface area contributed by atoms with Crippen molar-refractivity contribution < 1.29 is 23.5 Å². The molecule has 4 rings (SSSR count). The Kier molecular flexibility index (Phi) is 5.37. The van der Waals surface area contributed by atoms with Crippen LogP contribution < -0.4 is 0 Å². The average Bonchev–Trinajstić information content (AvgIpc) is 2.65. The van der Waals surface area contributed by atoms with Gasteiger partial charge in [-0.2, -0.15) is 0 Å². The van der Waals surface area contributed by atoms with E-state index in [0.717, 1.165) is 11.1 Å². The number of hydrogen-bond donors (Lipinski definition) is 1. The van der Waals surface area contributed by atoms with Crippen LogP contribution in [0.2, 0.25) is 39.3 Å². The highest BCUT2D eigenvalue weighted by molar-refractivity contribution is 6.70. The van der Waals surface area contributed by atoms with Crippen molar-refractivity contribution in [3.05, 3.63) is 64.7 Å². The van der Waals surface area contributed by atoms with Crippen LogP contribution in [0.3, 0.4) is 0 Å². The van der Waals surface area contributed by atoms with Crippen LogP contribution in [0.25, 0.3) is 0 Å². The molecule has 7 heteroatoms. The smallest absolute Gasteiger partial charge is 0.184 e. The molecule has 0 spiro atoms. The summed E-state index contributed by atoms with van der Waals surface area (Å²) in [5.74, 6) is -1.94. The van der Waals surface area contributed by atoms with Crippen LogP contribution in [0.1, 0.15) is 44.1 Å². The Morgan fingerprint density at radius 3 is 1.68 bits per heavy atom. The Morgan fingerprint density at radius 1 is 0.710 bits per heavy atom. The molecule has 2 aliphatic rings. The molecule has 0 saturated carbocycles. The summed E-state index contributed by atoms with van der Waals surface area (Å²) in [6, 6.07) is 12.6. The van der Waals surface area contributed by atoms with Crippen molar-refractivity contribution in [2.24, 2.45) is 11.8 Å². The Labute approximate surface area is 185 Å². The second-order valence-electron chi connectivity index (χ2n) is 10.4. The molecule has 0 amide bonds. The average molecular weight is 455 g/mol. The van der Waals surface area contributed by atoms with Gasteiger partial charge in [0.05, 0.1) is 29.6 Å². The Balaban J connectivity index is 1.98. The first-order valence-electron chi connectivity index (χ1n) is 10.7. The molecule has 0 saturated heterocycles. The third-order valence-corrected chi connectivity index (χ3v) is 7.69. The van der Waals surface area contributed by atoms with Gasteiger partial charge in [-0.15, -0.1) is 0 Å². The van der Waals surface area contributed by atoms with Crippen LogP contribution in [-0.4, -0.2) is 33.3 Å². The lowest BCUT2D eigenvalue weighted by Crippen LogP contribution is -2.50. The first-order valence-corrected chi connectivity index (χ1v) is 17.6. The van der Waals surface area contributed by atoms with Gasteiger partial charge in [-0.25, -0.2) is 0 Å². The summed E-state index contributed by atoms with van der Waals surface area (Å²) in [5.41, 5.74) is 2.24. The normalized spacial score (nSPS) is 25.6. The highest BCUT2D eigenvalue weighted by Gasteiger charge is 2.55. The third kappa shape index (κ3) is 3.95. The molecule has 0 fully saturated rings. The number of benzene rings is 2. The summed E-state index contributed by atoms with van der Waals surface area (Å²) in [4.78, 5) is 27.6. The van der Waals surface area contributed by atoms with Crippen molar-refractivity contribution >= 4 is 28.2 Å². The van der Waals surface area contributed by atoms with Crippen molar-refractivity contribution in [2.45, 2.75) is 51.5 Å². The van der Waals surface area contributed by atoms with Gasteiger partial charge in [0.1, 0.15) is 5.75 Å². The molecular formula is C24H30O5Si2. The van der Waals surface area contributed by atoms with E-state index < -0.39 is 40.7 Å². The molecule has 0 radical (unpaired) electrons. The van der Waals surface area contributed by atoms with E-state index in [4.69, 9.17) is 8.85 Å². The maximum atomic E-state index is 13.8. The molecule has 1 N–H and O–H groups in total. The van der Waals surface area contributed by atoms with Gasteiger partial charge in [-0.1, -0.05) is 36.4 Å². The summed E-state index contributed by atoms with van der Waals surface area (Å²) in [6.07, 6.45) is -1.06. The van der Waals surface area contributed by atoms with E-state index in [9.17, 15) is 14.7 Å². The van der Waals surface area contributed by atoms with Crippen LogP contribution >= 0.6 is 0 Å². The van der Waals surface area contributed by atoms with Crippen LogP contribution in [0.4, 0.5) is 0 Å². The summed E-state index contributed by atoms with van der Waals surface area (Å²) in [5, 5.41) is 10.5. The fourth-order valence-corrected chi connectivity index (χ4v) is 6.85. The molecule has 2 aromatic rings. The Hall–Kier alpha value is -2.07.